The van der Waals surface area contributed by atoms with Crippen LogP contribution in [-0.2, 0) is 16.1 Å². The van der Waals surface area contributed by atoms with Gasteiger partial charge in [0.05, 0.1) is 44.0 Å². The molecule has 5 rings (SSSR count). The van der Waals surface area contributed by atoms with E-state index in [9.17, 15) is 4.79 Å². The predicted octanol–water partition coefficient (Wildman–Crippen LogP) is 5.09. The fourth-order valence-corrected chi connectivity index (χ4v) is 4.52. The minimum atomic E-state index is -0.530. The number of allylic oxidation sites excluding steroid dienone is 1. The summed E-state index contributed by atoms with van der Waals surface area (Å²) in [7, 11) is 4.82. The summed E-state index contributed by atoms with van der Waals surface area (Å²) >= 11 is 0. The van der Waals surface area contributed by atoms with Crippen molar-refractivity contribution in [1.82, 2.24) is 9.55 Å². The van der Waals surface area contributed by atoms with E-state index in [1.807, 2.05) is 78.2 Å². The van der Waals surface area contributed by atoms with Gasteiger partial charge in [0.2, 0.25) is 5.95 Å². The third-order valence-electron chi connectivity index (χ3n) is 6.31. The quantitative estimate of drug-likeness (QED) is 0.365. The first-order valence-corrected chi connectivity index (χ1v) is 11.5. The standard InChI is InChI=1S/C28H27N3O5/c1-17-25(27(32)36-16-18-9-11-19(33-2)12-10-18)26(21-14-13-20(34-3)15-24(21)35-4)31-23-8-6-5-7-22(23)30-28(31)29-17/h5-15,26H,16H2,1-4H3,(H,29,30)/t26-/m0/s1. The van der Waals surface area contributed by atoms with Gasteiger partial charge in [-0.05, 0) is 48.9 Å². The van der Waals surface area contributed by atoms with Gasteiger partial charge in [-0.2, -0.15) is 0 Å². The van der Waals surface area contributed by atoms with Gasteiger partial charge in [0.15, 0.2) is 0 Å². The second-order valence-electron chi connectivity index (χ2n) is 8.39. The zero-order chi connectivity index (χ0) is 25.2. The van der Waals surface area contributed by atoms with Crippen molar-refractivity contribution in [2.24, 2.45) is 0 Å². The third-order valence-corrected chi connectivity index (χ3v) is 6.31. The van der Waals surface area contributed by atoms with Gasteiger partial charge in [-0.25, -0.2) is 9.78 Å². The number of nitrogens with one attached hydrogen (secondary N) is 1. The van der Waals surface area contributed by atoms with Gasteiger partial charge >= 0.3 is 5.97 Å². The van der Waals surface area contributed by atoms with E-state index in [0.29, 0.717) is 28.7 Å². The molecule has 0 fully saturated rings. The second kappa shape index (κ2) is 9.65. The molecule has 0 aliphatic carbocycles. The molecular weight excluding hydrogens is 458 g/mol. The Morgan fingerprint density at radius 3 is 2.39 bits per heavy atom. The average molecular weight is 486 g/mol. The van der Waals surface area contributed by atoms with E-state index in [2.05, 4.69) is 5.32 Å². The lowest BCUT2D eigenvalue weighted by atomic mass is 9.94. The zero-order valence-electron chi connectivity index (χ0n) is 20.6. The maximum absolute atomic E-state index is 13.6. The zero-order valence-corrected chi connectivity index (χ0v) is 20.6. The monoisotopic (exact) mass is 485 g/mol. The summed E-state index contributed by atoms with van der Waals surface area (Å²) in [6.07, 6.45) is 0. The minimum Gasteiger partial charge on any atom is -0.497 e. The first kappa shape index (κ1) is 23.3. The summed E-state index contributed by atoms with van der Waals surface area (Å²) in [6.45, 7) is 1.99. The minimum absolute atomic E-state index is 0.129. The average Bonchev–Trinajstić information content (AvgIpc) is 3.28. The Kier molecular flexibility index (Phi) is 6.25. The molecule has 8 heteroatoms. The Bertz CT molecular complexity index is 1460. The van der Waals surface area contributed by atoms with Crippen LogP contribution in [-0.4, -0.2) is 36.8 Å². The molecule has 0 saturated carbocycles. The van der Waals surface area contributed by atoms with Crippen molar-refractivity contribution < 1.29 is 23.7 Å². The molecule has 1 atom stereocenters. The van der Waals surface area contributed by atoms with E-state index in [4.69, 9.17) is 23.9 Å². The van der Waals surface area contributed by atoms with Crippen molar-refractivity contribution in [3.05, 3.63) is 89.1 Å². The number of aromatic nitrogens is 2. The van der Waals surface area contributed by atoms with Gasteiger partial charge in [-0.15, -0.1) is 0 Å². The highest BCUT2D eigenvalue weighted by Crippen LogP contribution is 2.43. The second-order valence-corrected chi connectivity index (χ2v) is 8.39. The van der Waals surface area contributed by atoms with Crippen molar-refractivity contribution in [3.63, 3.8) is 0 Å². The van der Waals surface area contributed by atoms with Crippen LogP contribution in [0, 0.1) is 0 Å². The fourth-order valence-electron chi connectivity index (χ4n) is 4.52. The molecule has 0 amide bonds. The van der Waals surface area contributed by atoms with E-state index >= 15 is 0 Å². The number of hydrogen-bond donors (Lipinski definition) is 1. The molecular formula is C28H27N3O5. The predicted molar refractivity (Wildman–Crippen MR) is 137 cm³/mol. The van der Waals surface area contributed by atoms with Crippen molar-refractivity contribution in [2.75, 3.05) is 26.6 Å². The molecule has 184 valence electrons. The van der Waals surface area contributed by atoms with Gasteiger partial charge in [-0.3, -0.25) is 4.57 Å². The van der Waals surface area contributed by atoms with Crippen LogP contribution in [0.5, 0.6) is 17.2 Å². The van der Waals surface area contributed by atoms with Crippen molar-refractivity contribution in [3.8, 4) is 17.2 Å². The van der Waals surface area contributed by atoms with Crippen molar-refractivity contribution in [2.45, 2.75) is 19.6 Å². The lowest BCUT2D eigenvalue weighted by molar-refractivity contribution is -0.140. The number of fused-ring (bicyclic) bond motifs is 3. The molecule has 0 spiro atoms. The number of hydrogen-bond acceptors (Lipinski definition) is 7. The fraction of sp³-hybridized carbons (Fsp3) is 0.214. The molecule has 0 bridgehead atoms. The summed E-state index contributed by atoms with van der Waals surface area (Å²) in [5.41, 5.74) is 4.50. The SMILES string of the molecule is COc1ccc(COC(=O)C2=C(C)Nc3nc4ccccc4n3[C@H]2c2ccc(OC)cc2OC)cc1. The van der Waals surface area contributed by atoms with Crippen LogP contribution in [0.3, 0.4) is 0 Å². The Hall–Kier alpha value is -4.46. The Morgan fingerprint density at radius 2 is 1.67 bits per heavy atom. The first-order chi connectivity index (χ1) is 17.5. The number of imidazole rings is 1. The number of anilines is 1. The third kappa shape index (κ3) is 4.11. The normalized spacial score (nSPS) is 14.7. The lowest BCUT2D eigenvalue weighted by Gasteiger charge is -2.31. The molecule has 1 aliphatic heterocycles. The highest BCUT2D eigenvalue weighted by atomic mass is 16.5. The molecule has 0 saturated heterocycles. The van der Waals surface area contributed by atoms with Gasteiger partial charge in [0.25, 0.3) is 0 Å². The summed E-state index contributed by atoms with van der Waals surface area (Å²) in [6, 6.07) is 20.3. The summed E-state index contributed by atoms with van der Waals surface area (Å²) < 4.78 is 24.2. The van der Waals surface area contributed by atoms with Gasteiger partial charge < -0.3 is 24.3 Å². The Morgan fingerprint density at radius 1 is 0.944 bits per heavy atom. The lowest BCUT2D eigenvalue weighted by Crippen LogP contribution is -2.29. The number of carbonyl (C=O) groups is 1. The van der Waals surface area contributed by atoms with Gasteiger partial charge in [0.1, 0.15) is 23.9 Å². The number of nitrogens with zero attached hydrogens (tertiary/aromatic N) is 2. The Labute approximate surface area is 209 Å². The number of methoxy groups -OCH3 is 3. The van der Waals surface area contributed by atoms with Crippen LogP contribution in [0.15, 0.2) is 78.0 Å². The number of rotatable bonds is 7. The summed E-state index contributed by atoms with van der Waals surface area (Å²) in [5.74, 6) is 2.21. The van der Waals surface area contributed by atoms with Crippen molar-refractivity contribution in [1.29, 1.82) is 0 Å². The van der Waals surface area contributed by atoms with E-state index < -0.39 is 12.0 Å². The molecule has 4 aromatic rings. The maximum Gasteiger partial charge on any atom is 0.338 e. The summed E-state index contributed by atoms with van der Waals surface area (Å²) in [4.78, 5) is 18.4. The van der Waals surface area contributed by atoms with Crippen LogP contribution < -0.4 is 19.5 Å². The van der Waals surface area contributed by atoms with Gasteiger partial charge in [0, 0.05) is 17.3 Å². The largest absolute Gasteiger partial charge is 0.497 e. The summed E-state index contributed by atoms with van der Waals surface area (Å²) in [5, 5.41) is 3.30. The topological polar surface area (TPSA) is 83.8 Å². The highest BCUT2D eigenvalue weighted by Gasteiger charge is 2.36. The van der Waals surface area contributed by atoms with E-state index in [1.54, 1.807) is 21.3 Å². The van der Waals surface area contributed by atoms with Gasteiger partial charge in [-0.1, -0.05) is 24.3 Å². The number of ether oxygens (including phenoxy) is 4. The number of esters is 1. The maximum atomic E-state index is 13.6. The Balaban J connectivity index is 1.59. The van der Waals surface area contributed by atoms with Crippen LogP contribution in [0.1, 0.15) is 24.1 Å². The molecule has 1 aromatic heterocycles. The van der Waals surface area contributed by atoms with Crippen LogP contribution in [0.4, 0.5) is 5.95 Å². The smallest absolute Gasteiger partial charge is 0.338 e. The number of benzene rings is 3. The number of para-hydroxylation sites is 2. The first-order valence-electron chi connectivity index (χ1n) is 11.5. The van der Waals surface area contributed by atoms with E-state index in [1.165, 1.54) is 0 Å². The number of carbonyl (C=O) groups excluding carboxylic acids is 1. The molecule has 1 N–H and O–H groups in total. The van der Waals surface area contributed by atoms with E-state index in [0.717, 1.165) is 27.9 Å². The van der Waals surface area contributed by atoms with E-state index in [-0.39, 0.29) is 6.61 Å². The molecule has 8 nitrogen and oxygen atoms in total. The van der Waals surface area contributed by atoms with Crippen LogP contribution >= 0.6 is 0 Å². The van der Waals surface area contributed by atoms with Crippen molar-refractivity contribution >= 4 is 23.0 Å². The molecule has 0 unspecified atom stereocenters. The molecule has 1 aliphatic rings. The van der Waals surface area contributed by atoms with Crippen LogP contribution in [0.25, 0.3) is 11.0 Å². The molecule has 36 heavy (non-hydrogen) atoms. The molecule has 3 aromatic carbocycles. The van der Waals surface area contributed by atoms with Crippen LogP contribution in [0.2, 0.25) is 0 Å². The molecule has 0 radical (unpaired) electrons. The highest BCUT2D eigenvalue weighted by molar-refractivity contribution is 5.94. The molecule has 2 heterocycles.